The van der Waals surface area contributed by atoms with Gasteiger partial charge >= 0.3 is 6.18 Å². The molecule has 7 heteroatoms. The van der Waals surface area contributed by atoms with E-state index in [0.717, 1.165) is 17.7 Å². The number of hydrogen-bond donors (Lipinski definition) is 1. The minimum absolute atomic E-state index is 0.269. The average Bonchev–Trinajstić information content (AvgIpc) is 3.15. The van der Waals surface area contributed by atoms with Crippen LogP contribution in [0.4, 0.5) is 13.2 Å². The largest absolute Gasteiger partial charge is 0.416 e. The highest BCUT2D eigenvalue weighted by Gasteiger charge is 2.42. The van der Waals surface area contributed by atoms with Gasteiger partial charge in [0.15, 0.2) is 5.69 Å². The van der Waals surface area contributed by atoms with Gasteiger partial charge in [0.1, 0.15) is 0 Å². The lowest BCUT2D eigenvalue weighted by atomic mass is 9.97. The molecule has 3 aromatic rings. The van der Waals surface area contributed by atoms with Crippen molar-refractivity contribution >= 4 is 5.91 Å². The van der Waals surface area contributed by atoms with Crippen molar-refractivity contribution in [2.24, 2.45) is 0 Å². The zero-order valence-corrected chi connectivity index (χ0v) is 14.4. The Hall–Kier alpha value is -3.09. The molecule has 138 valence electrons. The van der Waals surface area contributed by atoms with Crippen LogP contribution in [0.2, 0.25) is 0 Å². The number of nitrogens with one attached hydrogen (secondary N) is 1. The fourth-order valence-electron chi connectivity index (χ4n) is 3.52. The summed E-state index contributed by atoms with van der Waals surface area (Å²) in [6.07, 6.45) is -4.45. The quantitative estimate of drug-likeness (QED) is 0.738. The van der Waals surface area contributed by atoms with Crippen LogP contribution in [0.25, 0.3) is 0 Å². The van der Waals surface area contributed by atoms with Gasteiger partial charge < -0.3 is 4.90 Å². The predicted molar refractivity (Wildman–Crippen MR) is 92.9 cm³/mol. The molecule has 1 amide bonds. The number of carbonyl (C=O) groups is 1. The van der Waals surface area contributed by atoms with Gasteiger partial charge in [0, 0.05) is 17.8 Å². The smallest absolute Gasteiger partial charge is 0.322 e. The van der Waals surface area contributed by atoms with Crippen LogP contribution in [-0.4, -0.2) is 21.0 Å². The Kier molecular flexibility index (Phi) is 4.02. The van der Waals surface area contributed by atoms with Crippen molar-refractivity contribution in [2.75, 3.05) is 0 Å². The third kappa shape index (κ3) is 2.99. The van der Waals surface area contributed by atoms with E-state index in [0.29, 0.717) is 16.8 Å². The van der Waals surface area contributed by atoms with Crippen LogP contribution >= 0.6 is 0 Å². The number of halogens is 3. The first-order chi connectivity index (χ1) is 12.9. The summed E-state index contributed by atoms with van der Waals surface area (Å²) in [6, 6.07) is 13.9. The van der Waals surface area contributed by atoms with E-state index in [1.54, 1.807) is 17.9 Å². The van der Waals surface area contributed by atoms with Gasteiger partial charge in [0.25, 0.3) is 5.91 Å². The van der Waals surface area contributed by atoms with Crippen LogP contribution in [-0.2, 0) is 12.7 Å². The molecule has 0 saturated carbocycles. The summed E-state index contributed by atoms with van der Waals surface area (Å²) in [5.74, 6) is -0.291. The number of amides is 1. The molecule has 1 aliphatic heterocycles. The number of aryl methyl sites for hydroxylation is 1. The number of rotatable bonds is 3. The Balaban J connectivity index is 1.81. The van der Waals surface area contributed by atoms with Crippen LogP contribution in [0.15, 0.2) is 54.6 Å². The van der Waals surface area contributed by atoms with Crippen LogP contribution in [0.5, 0.6) is 0 Å². The van der Waals surface area contributed by atoms with E-state index in [2.05, 4.69) is 10.2 Å². The van der Waals surface area contributed by atoms with Crippen molar-refractivity contribution in [3.05, 3.63) is 88.2 Å². The summed E-state index contributed by atoms with van der Waals surface area (Å²) >= 11 is 0. The van der Waals surface area contributed by atoms with E-state index in [9.17, 15) is 18.0 Å². The molecule has 1 unspecified atom stereocenters. The molecule has 4 rings (SSSR count). The summed E-state index contributed by atoms with van der Waals surface area (Å²) < 4.78 is 39.6. The topological polar surface area (TPSA) is 49.0 Å². The van der Waals surface area contributed by atoms with Gasteiger partial charge in [-0.2, -0.15) is 18.3 Å². The monoisotopic (exact) mass is 371 g/mol. The number of nitrogens with zero attached hydrogens (tertiary/aromatic N) is 2. The molecule has 0 spiro atoms. The molecular formula is C20H16F3N3O. The summed E-state index contributed by atoms with van der Waals surface area (Å²) in [7, 11) is 0. The normalized spacial score (nSPS) is 16.7. The Morgan fingerprint density at radius 1 is 1.11 bits per heavy atom. The van der Waals surface area contributed by atoms with E-state index in [-0.39, 0.29) is 18.1 Å². The summed E-state index contributed by atoms with van der Waals surface area (Å²) in [6.45, 7) is 2.06. The first-order valence-corrected chi connectivity index (χ1v) is 8.43. The van der Waals surface area contributed by atoms with Crippen molar-refractivity contribution in [3.63, 3.8) is 0 Å². The molecule has 1 N–H and O–H groups in total. The fourth-order valence-corrected chi connectivity index (χ4v) is 3.52. The van der Waals surface area contributed by atoms with E-state index in [1.165, 1.54) is 6.07 Å². The molecule has 2 aromatic carbocycles. The third-order valence-corrected chi connectivity index (χ3v) is 4.77. The van der Waals surface area contributed by atoms with Crippen molar-refractivity contribution < 1.29 is 18.0 Å². The number of fused-ring (bicyclic) bond motifs is 1. The Morgan fingerprint density at radius 2 is 1.85 bits per heavy atom. The number of hydrogen-bond acceptors (Lipinski definition) is 2. The highest BCUT2D eigenvalue weighted by molar-refractivity contribution is 5.98. The lowest BCUT2D eigenvalue weighted by Gasteiger charge is -2.27. The van der Waals surface area contributed by atoms with Gasteiger partial charge in [-0.05, 0) is 30.2 Å². The van der Waals surface area contributed by atoms with E-state index >= 15 is 0 Å². The molecular weight excluding hydrogens is 355 g/mol. The average molecular weight is 371 g/mol. The minimum Gasteiger partial charge on any atom is -0.322 e. The van der Waals surface area contributed by atoms with Crippen LogP contribution in [0.1, 0.15) is 44.5 Å². The first kappa shape index (κ1) is 17.3. The van der Waals surface area contributed by atoms with Gasteiger partial charge in [-0.15, -0.1) is 0 Å². The molecule has 1 atom stereocenters. The first-order valence-electron chi connectivity index (χ1n) is 8.43. The molecule has 4 nitrogen and oxygen atoms in total. The molecule has 27 heavy (non-hydrogen) atoms. The molecule has 0 aliphatic carbocycles. The van der Waals surface area contributed by atoms with E-state index < -0.39 is 17.8 Å². The molecule has 1 aliphatic rings. The van der Waals surface area contributed by atoms with Crippen molar-refractivity contribution in [3.8, 4) is 0 Å². The van der Waals surface area contributed by atoms with Crippen molar-refractivity contribution in [2.45, 2.75) is 25.7 Å². The van der Waals surface area contributed by atoms with Gasteiger partial charge in [-0.1, -0.05) is 42.5 Å². The van der Waals surface area contributed by atoms with E-state index in [4.69, 9.17) is 0 Å². The number of H-pyrrole nitrogens is 1. The zero-order chi connectivity index (χ0) is 19.2. The predicted octanol–water partition coefficient (Wildman–Crippen LogP) is 4.48. The number of benzene rings is 2. The van der Waals surface area contributed by atoms with Gasteiger partial charge in [-0.25, -0.2) is 0 Å². The molecule has 0 bridgehead atoms. The summed E-state index contributed by atoms with van der Waals surface area (Å²) in [5, 5.41) is 6.86. The maximum atomic E-state index is 13.2. The second-order valence-electron chi connectivity index (χ2n) is 6.56. The molecule has 0 radical (unpaired) electrons. The maximum absolute atomic E-state index is 13.2. The van der Waals surface area contributed by atoms with Gasteiger partial charge in [-0.3, -0.25) is 9.89 Å². The third-order valence-electron chi connectivity index (χ3n) is 4.77. The fraction of sp³-hybridized carbons (Fsp3) is 0.200. The lowest BCUT2D eigenvalue weighted by molar-refractivity contribution is -0.137. The Morgan fingerprint density at radius 3 is 2.56 bits per heavy atom. The highest BCUT2D eigenvalue weighted by Crippen LogP contribution is 2.41. The number of carbonyl (C=O) groups excluding carboxylic acids is 1. The van der Waals surface area contributed by atoms with Crippen LogP contribution in [0, 0.1) is 6.92 Å². The standard InChI is InChI=1S/C20H16F3N3O/c1-12-16-17(25-24-12)19(27)26(11-13-6-3-2-4-7-13)18(16)14-8-5-9-15(10-14)20(21,22)23/h2-10,18H,11H2,1H3,(H,24,25). The number of aromatic nitrogens is 2. The minimum atomic E-state index is -4.45. The van der Waals surface area contributed by atoms with Gasteiger partial charge in [0.05, 0.1) is 11.6 Å². The van der Waals surface area contributed by atoms with Crippen LogP contribution in [0.3, 0.4) is 0 Å². The second-order valence-corrected chi connectivity index (χ2v) is 6.56. The number of aromatic amines is 1. The van der Waals surface area contributed by atoms with Gasteiger partial charge in [0.2, 0.25) is 0 Å². The second kappa shape index (κ2) is 6.26. The van der Waals surface area contributed by atoms with Crippen molar-refractivity contribution in [1.29, 1.82) is 0 Å². The Labute approximate surface area is 153 Å². The highest BCUT2D eigenvalue weighted by atomic mass is 19.4. The Bertz CT molecular complexity index is 995. The molecule has 0 saturated heterocycles. The summed E-state index contributed by atoms with van der Waals surface area (Å²) in [4.78, 5) is 14.5. The van der Waals surface area contributed by atoms with Crippen LogP contribution < -0.4 is 0 Å². The van der Waals surface area contributed by atoms with E-state index in [1.807, 2.05) is 30.3 Å². The zero-order valence-electron chi connectivity index (χ0n) is 14.4. The lowest BCUT2D eigenvalue weighted by Crippen LogP contribution is -2.29. The molecule has 0 fully saturated rings. The molecule has 2 heterocycles. The number of alkyl halides is 3. The maximum Gasteiger partial charge on any atom is 0.416 e. The van der Waals surface area contributed by atoms with Crippen molar-refractivity contribution in [1.82, 2.24) is 15.1 Å². The molecule has 1 aromatic heterocycles. The SMILES string of the molecule is Cc1[nH]nc2c1C(c1cccc(C(F)(F)F)c1)N(Cc1ccccc1)C2=O. The summed E-state index contributed by atoms with van der Waals surface area (Å²) in [5.41, 5.74) is 2.16.